The standard InChI is InChI=1S/C11H21NO2.ClH/c1-5-11(12,6-2)7-8-14-10(13)9(3)4;/h3,5-8,12H2,1-2,4H3;1H. The lowest BCUT2D eigenvalue weighted by Crippen LogP contribution is -2.39. The largest absolute Gasteiger partial charge is 0.462 e. The van der Waals surface area contributed by atoms with Crippen LogP contribution in [-0.4, -0.2) is 18.1 Å². The molecule has 90 valence electrons. The summed E-state index contributed by atoms with van der Waals surface area (Å²) in [5.41, 5.74) is 6.28. The van der Waals surface area contributed by atoms with Crippen LogP contribution in [0.25, 0.3) is 0 Å². The number of ether oxygens (including phenoxy) is 1. The molecule has 0 aromatic rings. The van der Waals surface area contributed by atoms with E-state index in [9.17, 15) is 4.79 Å². The minimum absolute atomic E-state index is 0. The van der Waals surface area contributed by atoms with E-state index in [-0.39, 0.29) is 23.9 Å². The Morgan fingerprint density at radius 1 is 1.40 bits per heavy atom. The van der Waals surface area contributed by atoms with Crippen molar-refractivity contribution < 1.29 is 9.53 Å². The molecule has 3 nitrogen and oxygen atoms in total. The molecule has 0 aliphatic carbocycles. The molecule has 0 fully saturated rings. The molecule has 2 N–H and O–H groups in total. The van der Waals surface area contributed by atoms with Crippen molar-refractivity contribution in [1.29, 1.82) is 0 Å². The van der Waals surface area contributed by atoms with Crippen LogP contribution in [0.1, 0.15) is 40.0 Å². The molecule has 15 heavy (non-hydrogen) atoms. The van der Waals surface area contributed by atoms with E-state index in [1.54, 1.807) is 6.92 Å². The molecule has 0 radical (unpaired) electrons. The van der Waals surface area contributed by atoms with Gasteiger partial charge in [-0.25, -0.2) is 4.79 Å². The minimum Gasteiger partial charge on any atom is -0.462 e. The third-order valence-corrected chi connectivity index (χ3v) is 2.59. The Hall–Kier alpha value is -0.540. The normalized spacial score (nSPS) is 10.4. The molecule has 0 aliphatic rings. The van der Waals surface area contributed by atoms with Gasteiger partial charge in [0, 0.05) is 11.1 Å². The van der Waals surface area contributed by atoms with E-state index in [0.29, 0.717) is 18.6 Å². The zero-order valence-corrected chi connectivity index (χ0v) is 10.7. The van der Waals surface area contributed by atoms with Crippen molar-refractivity contribution in [1.82, 2.24) is 0 Å². The number of hydrogen-bond donors (Lipinski definition) is 1. The average Bonchev–Trinajstić information content (AvgIpc) is 2.17. The summed E-state index contributed by atoms with van der Waals surface area (Å²) in [5, 5.41) is 0. The van der Waals surface area contributed by atoms with Crippen LogP contribution in [0, 0.1) is 0 Å². The fourth-order valence-corrected chi connectivity index (χ4v) is 1.07. The van der Waals surface area contributed by atoms with Gasteiger partial charge in [-0.05, 0) is 26.2 Å². The molecule has 0 spiro atoms. The molecule has 0 atom stereocenters. The molecule has 4 heteroatoms. The van der Waals surface area contributed by atoms with Crippen LogP contribution in [0.3, 0.4) is 0 Å². The molecule has 0 heterocycles. The molecule has 0 amide bonds. The van der Waals surface area contributed by atoms with Gasteiger partial charge < -0.3 is 10.5 Å². The molecule has 0 aliphatic heterocycles. The summed E-state index contributed by atoms with van der Waals surface area (Å²) in [5.74, 6) is -0.334. The first kappa shape index (κ1) is 16.9. The molecular weight excluding hydrogens is 214 g/mol. The first-order valence-corrected chi connectivity index (χ1v) is 5.06. The number of carbonyl (C=O) groups is 1. The summed E-state index contributed by atoms with van der Waals surface area (Å²) < 4.78 is 4.98. The minimum atomic E-state index is -0.334. The molecule has 0 aromatic heterocycles. The maximum Gasteiger partial charge on any atom is 0.333 e. The summed E-state index contributed by atoms with van der Waals surface area (Å²) in [4.78, 5) is 11.0. The summed E-state index contributed by atoms with van der Waals surface area (Å²) in [6.07, 6.45) is 2.50. The molecule has 0 saturated carbocycles. The molecule has 0 unspecified atom stereocenters. The first-order valence-electron chi connectivity index (χ1n) is 5.06. The highest BCUT2D eigenvalue weighted by molar-refractivity contribution is 5.86. The highest BCUT2D eigenvalue weighted by Crippen LogP contribution is 2.15. The number of carbonyl (C=O) groups excluding carboxylic acids is 1. The fraction of sp³-hybridized carbons (Fsp3) is 0.727. The lowest BCUT2D eigenvalue weighted by Gasteiger charge is -2.26. The van der Waals surface area contributed by atoms with E-state index in [2.05, 4.69) is 6.58 Å². The Morgan fingerprint density at radius 3 is 2.20 bits per heavy atom. The third-order valence-electron chi connectivity index (χ3n) is 2.59. The van der Waals surface area contributed by atoms with E-state index in [0.717, 1.165) is 12.8 Å². The Bertz CT molecular complexity index is 213. The average molecular weight is 236 g/mol. The smallest absolute Gasteiger partial charge is 0.333 e. The van der Waals surface area contributed by atoms with Gasteiger partial charge in [0.1, 0.15) is 0 Å². The van der Waals surface area contributed by atoms with Gasteiger partial charge in [-0.1, -0.05) is 20.4 Å². The molecule has 0 rings (SSSR count). The number of esters is 1. The SMILES string of the molecule is C=C(C)C(=O)OCCC(N)(CC)CC.Cl. The highest BCUT2D eigenvalue weighted by Gasteiger charge is 2.20. The summed E-state index contributed by atoms with van der Waals surface area (Å²) >= 11 is 0. The van der Waals surface area contributed by atoms with Crippen LogP contribution in [0.4, 0.5) is 0 Å². The lowest BCUT2D eigenvalue weighted by molar-refractivity contribution is -0.139. The second-order valence-corrected chi connectivity index (χ2v) is 3.74. The van der Waals surface area contributed by atoms with Gasteiger partial charge in [0.05, 0.1) is 6.61 Å². The van der Waals surface area contributed by atoms with Gasteiger partial charge in [-0.15, -0.1) is 12.4 Å². The van der Waals surface area contributed by atoms with Crippen molar-refractivity contribution in [3.05, 3.63) is 12.2 Å². The zero-order valence-electron chi connectivity index (χ0n) is 9.84. The topological polar surface area (TPSA) is 52.3 Å². The van der Waals surface area contributed by atoms with E-state index >= 15 is 0 Å². The number of hydrogen-bond acceptors (Lipinski definition) is 3. The van der Waals surface area contributed by atoms with Crippen LogP contribution >= 0.6 is 12.4 Å². The third kappa shape index (κ3) is 6.52. The van der Waals surface area contributed by atoms with Gasteiger partial charge in [0.2, 0.25) is 0 Å². The van der Waals surface area contributed by atoms with Gasteiger partial charge in [-0.3, -0.25) is 0 Å². The lowest BCUT2D eigenvalue weighted by atomic mass is 9.91. The van der Waals surface area contributed by atoms with Crippen LogP contribution < -0.4 is 5.73 Å². The molecule has 0 aromatic carbocycles. The van der Waals surface area contributed by atoms with Gasteiger partial charge in [0.15, 0.2) is 0 Å². The number of rotatable bonds is 6. The Morgan fingerprint density at radius 2 is 1.87 bits per heavy atom. The van der Waals surface area contributed by atoms with Crippen LogP contribution in [-0.2, 0) is 9.53 Å². The second-order valence-electron chi connectivity index (χ2n) is 3.74. The van der Waals surface area contributed by atoms with Gasteiger partial charge in [0.25, 0.3) is 0 Å². The maximum atomic E-state index is 11.0. The van der Waals surface area contributed by atoms with Gasteiger partial charge in [-0.2, -0.15) is 0 Å². The summed E-state index contributed by atoms with van der Waals surface area (Å²) in [7, 11) is 0. The molecule has 0 bridgehead atoms. The van der Waals surface area contributed by atoms with Crippen LogP contribution in [0.5, 0.6) is 0 Å². The van der Waals surface area contributed by atoms with E-state index in [1.807, 2.05) is 13.8 Å². The zero-order chi connectivity index (χ0) is 11.2. The summed E-state index contributed by atoms with van der Waals surface area (Å²) in [6, 6.07) is 0. The monoisotopic (exact) mass is 235 g/mol. The fourth-order valence-electron chi connectivity index (χ4n) is 1.07. The number of nitrogens with two attached hydrogens (primary N) is 1. The second kappa shape index (κ2) is 7.71. The Balaban J connectivity index is 0. The quantitative estimate of drug-likeness (QED) is 0.568. The Labute approximate surface area is 98.5 Å². The van der Waals surface area contributed by atoms with Crippen molar-refractivity contribution in [3.8, 4) is 0 Å². The van der Waals surface area contributed by atoms with Crippen LogP contribution in [0.15, 0.2) is 12.2 Å². The van der Waals surface area contributed by atoms with E-state index < -0.39 is 0 Å². The number of halogens is 1. The predicted octanol–water partition coefficient (Wildman–Crippen LogP) is 2.44. The van der Waals surface area contributed by atoms with Crippen molar-refractivity contribution in [3.63, 3.8) is 0 Å². The molecule has 0 saturated heterocycles. The Kier molecular flexibility index (Phi) is 8.68. The summed E-state index contributed by atoms with van der Waals surface area (Å²) in [6.45, 7) is 9.61. The van der Waals surface area contributed by atoms with Gasteiger partial charge >= 0.3 is 5.97 Å². The van der Waals surface area contributed by atoms with E-state index in [1.165, 1.54) is 0 Å². The van der Waals surface area contributed by atoms with E-state index in [4.69, 9.17) is 10.5 Å². The van der Waals surface area contributed by atoms with Crippen molar-refractivity contribution in [2.45, 2.75) is 45.6 Å². The van der Waals surface area contributed by atoms with Crippen molar-refractivity contribution in [2.75, 3.05) is 6.61 Å². The van der Waals surface area contributed by atoms with Crippen LogP contribution in [0.2, 0.25) is 0 Å². The van der Waals surface area contributed by atoms with Crippen molar-refractivity contribution >= 4 is 18.4 Å². The molecular formula is C11H22ClNO2. The maximum absolute atomic E-state index is 11.0. The van der Waals surface area contributed by atoms with Crippen molar-refractivity contribution in [2.24, 2.45) is 5.73 Å². The first-order chi connectivity index (χ1) is 6.45. The predicted molar refractivity (Wildman–Crippen MR) is 65.1 cm³/mol. The highest BCUT2D eigenvalue weighted by atomic mass is 35.5.